The van der Waals surface area contributed by atoms with Crippen LogP contribution in [0.1, 0.15) is 44.2 Å². The van der Waals surface area contributed by atoms with Crippen LogP contribution in [0.3, 0.4) is 0 Å². The summed E-state index contributed by atoms with van der Waals surface area (Å²) in [6, 6.07) is 10.7. The highest BCUT2D eigenvalue weighted by atomic mass is 16.2. The molecule has 1 unspecified atom stereocenters. The molecule has 3 atom stereocenters. The molecule has 2 aliphatic rings. The molecule has 108 valence electrons. The van der Waals surface area contributed by atoms with E-state index < -0.39 is 0 Å². The van der Waals surface area contributed by atoms with E-state index >= 15 is 0 Å². The Morgan fingerprint density at radius 3 is 2.65 bits per heavy atom. The van der Waals surface area contributed by atoms with E-state index in [0.717, 1.165) is 37.4 Å². The highest BCUT2D eigenvalue weighted by Crippen LogP contribution is 2.21. The summed E-state index contributed by atoms with van der Waals surface area (Å²) >= 11 is 0. The fourth-order valence-electron chi connectivity index (χ4n) is 3.32. The zero-order valence-corrected chi connectivity index (χ0v) is 12.3. The van der Waals surface area contributed by atoms with Crippen LogP contribution in [0, 0.1) is 5.92 Å². The lowest BCUT2D eigenvalue weighted by atomic mass is 9.95. The molecule has 0 aromatic heterocycles. The van der Waals surface area contributed by atoms with E-state index in [1.54, 1.807) is 0 Å². The maximum Gasteiger partial charge on any atom is 0.283 e. The van der Waals surface area contributed by atoms with Gasteiger partial charge in [-0.25, -0.2) is 0 Å². The molecule has 0 spiro atoms. The number of hydrogen-bond donors (Lipinski definition) is 2. The van der Waals surface area contributed by atoms with Crippen LogP contribution in [0.4, 0.5) is 0 Å². The molecule has 1 aromatic carbocycles. The van der Waals surface area contributed by atoms with Gasteiger partial charge in [0, 0.05) is 17.5 Å². The predicted molar refractivity (Wildman–Crippen MR) is 79.4 cm³/mol. The normalized spacial score (nSPS) is 27.9. The second kappa shape index (κ2) is 5.96. The van der Waals surface area contributed by atoms with Gasteiger partial charge >= 0.3 is 0 Å². The molecule has 1 aliphatic carbocycles. The van der Waals surface area contributed by atoms with E-state index in [4.69, 9.17) is 0 Å². The Hall–Kier alpha value is -1.35. The minimum atomic E-state index is -0.0282. The average molecular weight is 273 g/mol. The second-order valence-corrected chi connectivity index (χ2v) is 6.49. The van der Waals surface area contributed by atoms with E-state index in [0.29, 0.717) is 6.04 Å². The van der Waals surface area contributed by atoms with Gasteiger partial charge in [-0.3, -0.25) is 4.79 Å². The van der Waals surface area contributed by atoms with Crippen LogP contribution < -0.4 is 10.2 Å². The summed E-state index contributed by atoms with van der Waals surface area (Å²) in [4.78, 5) is 14.1. The summed E-state index contributed by atoms with van der Waals surface area (Å²) < 4.78 is 0. The van der Waals surface area contributed by atoms with Gasteiger partial charge < -0.3 is 10.2 Å². The number of nitrogens with one attached hydrogen (secondary N) is 2. The smallest absolute Gasteiger partial charge is 0.283 e. The first-order valence-corrected chi connectivity index (χ1v) is 7.94. The van der Waals surface area contributed by atoms with Crippen molar-refractivity contribution in [3.05, 3.63) is 35.9 Å². The number of likely N-dealkylation sites (tertiary alicyclic amines) is 1. The molecular weight excluding hydrogens is 248 g/mol. The second-order valence-electron chi connectivity index (χ2n) is 6.49. The topological polar surface area (TPSA) is 33.5 Å². The SMILES string of the molecule is C[C@H]1CCC[NH+]([C@H](C(=O)NC2CC2)c2ccccc2)C1. The van der Waals surface area contributed by atoms with Gasteiger partial charge in [0.1, 0.15) is 0 Å². The lowest BCUT2D eigenvalue weighted by molar-refractivity contribution is -0.930. The minimum absolute atomic E-state index is 0.0282. The molecule has 3 rings (SSSR count). The number of carbonyl (C=O) groups is 1. The summed E-state index contributed by atoms with van der Waals surface area (Å²) in [5.74, 6) is 0.946. The Kier molecular flexibility index (Phi) is 4.06. The number of piperidine rings is 1. The summed E-state index contributed by atoms with van der Waals surface area (Å²) in [5, 5.41) is 3.20. The molecule has 1 aliphatic heterocycles. The van der Waals surface area contributed by atoms with E-state index in [2.05, 4.69) is 24.4 Å². The summed E-state index contributed by atoms with van der Waals surface area (Å²) in [5.41, 5.74) is 1.16. The predicted octanol–water partition coefficient (Wildman–Crippen LogP) is 1.32. The molecule has 2 N–H and O–H groups in total. The highest BCUT2D eigenvalue weighted by Gasteiger charge is 2.36. The Morgan fingerprint density at radius 2 is 2.00 bits per heavy atom. The fraction of sp³-hybridized carbons (Fsp3) is 0.588. The maximum atomic E-state index is 12.7. The molecule has 1 saturated heterocycles. The Morgan fingerprint density at radius 1 is 1.25 bits per heavy atom. The molecule has 0 bridgehead atoms. The monoisotopic (exact) mass is 273 g/mol. The van der Waals surface area contributed by atoms with Crippen LogP contribution in [0.15, 0.2) is 30.3 Å². The van der Waals surface area contributed by atoms with Crippen molar-refractivity contribution in [2.45, 2.75) is 44.7 Å². The molecular formula is C17H25N2O+. The third-order valence-corrected chi connectivity index (χ3v) is 4.53. The Balaban J connectivity index is 1.80. The first kappa shape index (κ1) is 13.6. The molecule has 1 saturated carbocycles. The highest BCUT2D eigenvalue weighted by molar-refractivity contribution is 5.82. The van der Waals surface area contributed by atoms with Crippen molar-refractivity contribution in [1.29, 1.82) is 0 Å². The Labute approximate surface area is 121 Å². The number of amides is 1. The molecule has 1 heterocycles. The van der Waals surface area contributed by atoms with Gasteiger partial charge in [0.15, 0.2) is 6.04 Å². The zero-order valence-electron chi connectivity index (χ0n) is 12.3. The molecule has 3 nitrogen and oxygen atoms in total. The summed E-state index contributed by atoms with van der Waals surface area (Å²) in [6.07, 6.45) is 4.84. The first-order valence-electron chi connectivity index (χ1n) is 7.94. The zero-order chi connectivity index (χ0) is 13.9. The van der Waals surface area contributed by atoms with Gasteiger partial charge in [0.05, 0.1) is 13.1 Å². The van der Waals surface area contributed by atoms with Gasteiger partial charge in [-0.05, 0) is 25.7 Å². The van der Waals surface area contributed by atoms with Crippen molar-refractivity contribution in [3.8, 4) is 0 Å². The lowest BCUT2D eigenvalue weighted by Gasteiger charge is -2.33. The molecule has 3 heteroatoms. The van der Waals surface area contributed by atoms with Crippen LogP contribution in [0.2, 0.25) is 0 Å². The standard InChI is InChI=1S/C17H24N2O/c1-13-6-5-11-19(12-13)16(14-7-3-2-4-8-14)17(20)18-15-9-10-15/h2-4,7-8,13,15-16H,5-6,9-12H2,1H3,(H,18,20)/p+1/t13-,16-/m0/s1. The number of carbonyl (C=O) groups excluding carboxylic acids is 1. The van der Waals surface area contributed by atoms with Crippen molar-refractivity contribution >= 4 is 5.91 Å². The quantitative estimate of drug-likeness (QED) is 0.852. The molecule has 20 heavy (non-hydrogen) atoms. The van der Waals surface area contributed by atoms with Gasteiger partial charge in [-0.2, -0.15) is 0 Å². The fourth-order valence-corrected chi connectivity index (χ4v) is 3.32. The average Bonchev–Trinajstić information content (AvgIpc) is 3.24. The van der Waals surface area contributed by atoms with Gasteiger partial charge in [-0.15, -0.1) is 0 Å². The van der Waals surface area contributed by atoms with Crippen molar-refractivity contribution < 1.29 is 9.69 Å². The van der Waals surface area contributed by atoms with Gasteiger partial charge in [0.2, 0.25) is 0 Å². The van der Waals surface area contributed by atoms with E-state index in [1.807, 2.05) is 18.2 Å². The van der Waals surface area contributed by atoms with E-state index in [9.17, 15) is 4.79 Å². The molecule has 1 aromatic rings. The van der Waals surface area contributed by atoms with Crippen LogP contribution in [0.25, 0.3) is 0 Å². The van der Waals surface area contributed by atoms with Crippen LogP contribution in [-0.2, 0) is 4.79 Å². The van der Waals surface area contributed by atoms with Gasteiger partial charge in [0.25, 0.3) is 5.91 Å². The number of benzene rings is 1. The van der Waals surface area contributed by atoms with Crippen LogP contribution in [-0.4, -0.2) is 25.0 Å². The number of rotatable bonds is 4. The van der Waals surface area contributed by atoms with Crippen molar-refractivity contribution in [2.75, 3.05) is 13.1 Å². The van der Waals surface area contributed by atoms with Crippen LogP contribution >= 0.6 is 0 Å². The molecule has 1 amide bonds. The Bertz CT molecular complexity index is 455. The number of hydrogen-bond acceptors (Lipinski definition) is 1. The third-order valence-electron chi connectivity index (χ3n) is 4.53. The van der Waals surface area contributed by atoms with Crippen molar-refractivity contribution in [3.63, 3.8) is 0 Å². The van der Waals surface area contributed by atoms with Gasteiger partial charge in [-0.1, -0.05) is 37.3 Å². The lowest BCUT2D eigenvalue weighted by Crippen LogP contribution is -3.15. The minimum Gasteiger partial charge on any atom is -0.348 e. The summed E-state index contributed by atoms with van der Waals surface area (Å²) in [7, 11) is 0. The number of quaternary nitrogens is 1. The largest absolute Gasteiger partial charge is 0.348 e. The third kappa shape index (κ3) is 3.21. The summed E-state index contributed by atoms with van der Waals surface area (Å²) in [6.45, 7) is 4.53. The molecule has 2 fully saturated rings. The van der Waals surface area contributed by atoms with Crippen molar-refractivity contribution in [1.82, 2.24) is 5.32 Å². The van der Waals surface area contributed by atoms with E-state index in [-0.39, 0.29) is 11.9 Å². The maximum absolute atomic E-state index is 12.7. The van der Waals surface area contributed by atoms with Crippen molar-refractivity contribution in [2.24, 2.45) is 5.92 Å². The molecule has 0 radical (unpaired) electrons. The van der Waals surface area contributed by atoms with Crippen LogP contribution in [0.5, 0.6) is 0 Å². The van der Waals surface area contributed by atoms with E-state index in [1.165, 1.54) is 17.7 Å². The first-order chi connectivity index (χ1) is 9.74.